The first-order valence-corrected chi connectivity index (χ1v) is 8.82. The fourth-order valence-electron chi connectivity index (χ4n) is 2.74. The molecule has 0 saturated heterocycles. The van der Waals surface area contributed by atoms with Crippen LogP contribution in [0.2, 0.25) is 0 Å². The average molecular weight is 362 g/mol. The van der Waals surface area contributed by atoms with E-state index in [0.29, 0.717) is 5.82 Å². The molecule has 0 radical (unpaired) electrons. The molecule has 0 bridgehead atoms. The first-order valence-electron chi connectivity index (χ1n) is 8.82. The van der Waals surface area contributed by atoms with Gasteiger partial charge in [0.1, 0.15) is 5.82 Å². The molecular formula is C18H26N4O4. The molecule has 142 valence electrons. The van der Waals surface area contributed by atoms with Crippen LogP contribution in [0.5, 0.6) is 0 Å². The van der Waals surface area contributed by atoms with Crippen molar-refractivity contribution in [3.63, 3.8) is 0 Å². The summed E-state index contributed by atoms with van der Waals surface area (Å²) < 4.78 is 5.10. The summed E-state index contributed by atoms with van der Waals surface area (Å²) in [6, 6.07) is 2.79. The maximum Gasteiger partial charge on any atom is 0.340 e. The van der Waals surface area contributed by atoms with Crippen LogP contribution in [0, 0.1) is 0 Å². The lowest BCUT2D eigenvalue weighted by Gasteiger charge is -2.23. The number of carbonyl (C=O) groups excluding carboxylic acids is 3. The van der Waals surface area contributed by atoms with E-state index in [9.17, 15) is 14.4 Å². The van der Waals surface area contributed by atoms with Crippen molar-refractivity contribution in [1.82, 2.24) is 15.6 Å². The highest BCUT2D eigenvalue weighted by molar-refractivity contribution is 5.98. The molecule has 1 saturated carbocycles. The third-order valence-electron chi connectivity index (χ3n) is 4.27. The number of esters is 1. The van der Waals surface area contributed by atoms with E-state index in [2.05, 4.69) is 15.6 Å². The van der Waals surface area contributed by atoms with Crippen molar-refractivity contribution >= 4 is 23.7 Å². The Balaban J connectivity index is 1.81. The second-order valence-corrected chi connectivity index (χ2v) is 6.64. The second-order valence-electron chi connectivity index (χ2n) is 6.64. The van der Waals surface area contributed by atoms with Crippen molar-refractivity contribution in [2.75, 3.05) is 19.0 Å². The Morgan fingerprint density at radius 3 is 2.46 bits per heavy atom. The zero-order valence-electron chi connectivity index (χ0n) is 15.4. The normalized spacial score (nSPS) is 15.7. The standard InChI is InChI=1S/C18H26N4O4/c1-12(16(23)21-18(25)20-14-7-5-4-6-8-14)26-17(24)13-9-10-15(19-11-13)22(2)3/h9-12,14H,4-8H2,1-3H3,(H2,20,21,23,25)/t12-/m0/s1. The molecule has 1 aromatic rings. The van der Waals surface area contributed by atoms with Crippen LogP contribution in [0.15, 0.2) is 18.3 Å². The summed E-state index contributed by atoms with van der Waals surface area (Å²) in [6.07, 6.45) is 5.47. The molecule has 8 nitrogen and oxygen atoms in total. The summed E-state index contributed by atoms with van der Waals surface area (Å²) >= 11 is 0. The van der Waals surface area contributed by atoms with E-state index in [1.54, 1.807) is 17.0 Å². The van der Waals surface area contributed by atoms with Crippen LogP contribution in [0.1, 0.15) is 49.4 Å². The summed E-state index contributed by atoms with van der Waals surface area (Å²) in [5, 5.41) is 5.00. The molecule has 0 aliphatic heterocycles. The largest absolute Gasteiger partial charge is 0.449 e. The Bertz CT molecular complexity index is 639. The van der Waals surface area contributed by atoms with Gasteiger partial charge in [-0.2, -0.15) is 0 Å². The van der Waals surface area contributed by atoms with Gasteiger partial charge in [0, 0.05) is 26.3 Å². The minimum Gasteiger partial charge on any atom is -0.449 e. The molecule has 0 spiro atoms. The average Bonchev–Trinajstić information content (AvgIpc) is 2.62. The molecule has 2 rings (SSSR count). The van der Waals surface area contributed by atoms with Crippen LogP contribution in [0.25, 0.3) is 0 Å². The van der Waals surface area contributed by atoms with E-state index in [0.717, 1.165) is 25.7 Å². The molecule has 8 heteroatoms. The van der Waals surface area contributed by atoms with Crippen molar-refractivity contribution < 1.29 is 19.1 Å². The molecule has 1 aliphatic carbocycles. The number of anilines is 1. The first kappa shape index (κ1) is 19.7. The minimum atomic E-state index is -1.09. The minimum absolute atomic E-state index is 0.0932. The van der Waals surface area contributed by atoms with Gasteiger partial charge in [0.15, 0.2) is 6.10 Å². The number of hydrogen-bond donors (Lipinski definition) is 2. The highest BCUT2D eigenvalue weighted by Crippen LogP contribution is 2.17. The van der Waals surface area contributed by atoms with E-state index in [4.69, 9.17) is 4.74 Å². The van der Waals surface area contributed by atoms with Gasteiger partial charge >= 0.3 is 12.0 Å². The van der Waals surface area contributed by atoms with E-state index >= 15 is 0 Å². The van der Waals surface area contributed by atoms with Gasteiger partial charge in [-0.25, -0.2) is 14.6 Å². The van der Waals surface area contributed by atoms with Crippen LogP contribution in [0.4, 0.5) is 10.6 Å². The van der Waals surface area contributed by atoms with Crippen molar-refractivity contribution in [1.29, 1.82) is 0 Å². The number of ether oxygens (including phenoxy) is 1. The lowest BCUT2D eigenvalue weighted by Crippen LogP contribution is -2.48. The van der Waals surface area contributed by atoms with E-state index < -0.39 is 24.0 Å². The van der Waals surface area contributed by atoms with Crippen molar-refractivity contribution in [3.05, 3.63) is 23.9 Å². The highest BCUT2D eigenvalue weighted by atomic mass is 16.5. The van der Waals surface area contributed by atoms with Gasteiger partial charge in [-0.1, -0.05) is 19.3 Å². The molecule has 1 fully saturated rings. The zero-order valence-corrected chi connectivity index (χ0v) is 15.4. The maximum absolute atomic E-state index is 12.1. The van der Waals surface area contributed by atoms with Gasteiger partial charge in [0.25, 0.3) is 5.91 Å². The van der Waals surface area contributed by atoms with E-state index in [1.165, 1.54) is 19.5 Å². The van der Waals surface area contributed by atoms with Gasteiger partial charge in [-0.15, -0.1) is 0 Å². The van der Waals surface area contributed by atoms with E-state index in [-0.39, 0.29) is 11.6 Å². The lowest BCUT2D eigenvalue weighted by atomic mass is 9.96. The Kier molecular flexibility index (Phi) is 6.94. The number of nitrogens with one attached hydrogen (secondary N) is 2. The molecule has 1 aromatic heterocycles. The first-order chi connectivity index (χ1) is 12.4. The fraction of sp³-hybridized carbons (Fsp3) is 0.556. The van der Waals surface area contributed by atoms with Crippen molar-refractivity contribution in [2.45, 2.75) is 51.2 Å². The maximum atomic E-state index is 12.1. The van der Waals surface area contributed by atoms with Gasteiger partial charge in [-0.3, -0.25) is 10.1 Å². The summed E-state index contributed by atoms with van der Waals surface area (Å²) in [7, 11) is 3.68. The van der Waals surface area contributed by atoms with Crippen LogP contribution in [-0.2, 0) is 9.53 Å². The fourth-order valence-corrected chi connectivity index (χ4v) is 2.74. The number of aromatic nitrogens is 1. The molecule has 2 N–H and O–H groups in total. The lowest BCUT2D eigenvalue weighted by molar-refractivity contribution is -0.127. The topological polar surface area (TPSA) is 101 Å². The molecule has 1 heterocycles. The number of nitrogens with zero attached hydrogens (tertiary/aromatic N) is 2. The Morgan fingerprint density at radius 2 is 1.88 bits per heavy atom. The van der Waals surface area contributed by atoms with Gasteiger partial charge in [0.05, 0.1) is 5.56 Å². The molecule has 0 unspecified atom stereocenters. The Labute approximate surface area is 153 Å². The van der Waals surface area contributed by atoms with Crippen LogP contribution in [0.3, 0.4) is 0 Å². The molecule has 0 aromatic carbocycles. The van der Waals surface area contributed by atoms with Gasteiger partial charge in [0.2, 0.25) is 0 Å². The number of imide groups is 1. The number of pyridine rings is 1. The number of carbonyl (C=O) groups is 3. The van der Waals surface area contributed by atoms with Crippen molar-refractivity contribution in [3.8, 4) is 0 Å². The molecule has 26 heavy (non-hydrogen) atoms. The number of amides is 3. The molecule has 3 amide bonds. The van der Waals surface area contributed by atoms with Crippen LogP contribution < -0.4 is 15.5 Å². The number of rotatable bonds is 5. The van der Waals surface area contributed by atoms with Crippen LogP contribution in [-0.4, -0.2) is 49.1 Å². The smallest absolute Gasteiger partial charge is 0.340 e. The van der Waals surface area contributed by atoms with Gasteiger partial charge < -0.3 is 15.0 Å². The van der Waals surface area contributed by atoms with E-state index in [1.807, 2.05) is 14.1 Å². The molecule has 1 aliphatic rings. The Hall–Kier alpha value is -2.64. The molecular weight excluding hydrogens is 336 g/mol. The summed E-state index contributed by atoms with van der Waals surface area (Å²) in [6.45, 7) is 1.42. The second kappa shape index (κ2) is 9.17. The summed E-state index contributed by atoms with van der Waals surface area (Å²) in [5.74, 6) is -0.630. The SMILES string of the molecule is C[C@H](OC(=O)c1ccc(N(C)C)nc1)C(=O)NC(=O)NC1CCCCC1. The third kappa shape index (κ3) is 5.72. The monoisotopic (exact) mass is 362 g/mol. The summed E-state index contributed by atoms with van der Waals surface area (Å²) in [4.78, 5) is 41.9. The van der Waals surface area contributed by atoms with Crippen LogP contribution >= 0.6 is 0 Å². The molecule has 1 atom stereocenters. The number of hydrogen-bond acceptors (Lipinski definition) is 6. The number of urea groups is 1. The Morgan fingerprint density at radius 1 is 1.19 bits per heavy atom. The summed E-state index contributed by atoms with van der Waals surface area (Å²) in [5.41, 5.74) is 0.238. The zero-order chi connectivity index (χ0) is 19.1. The quantitative estimate of drug-likeness (QED) is 0.776. The third-order valence-corrected chi connectivity index (χ3v) is 4.27. The predicted molar refractivity (Wildman–Crippen MR) is 97.0 cm³/mol. The van der Waals surface area contributed by atoms with Gasteiger partial charge in [-0.05, 0) is 31.9 Å². The van der Waals surface area contributed by atoms with Crippen molar-refractivity contribution in [2.24, 2.45) is 0 Å². The predicted octanol–water partition coefficient (Wildman–Crippen LogP) is 1.85. The highest BCUT2D eigenvalue weighted by Gasteiger charge is 2.22.